The van der Waals surface area contributed by atoms with E-state index < -0.39 is 10.0 Å². The summed E-state index contributed by atoms with van der Waals surface area (Å²) in [5, 5.41) is 11.8. The number of nitriles is 1. The molecular formula is C12H15N3O2S. The minimum atomic E-state index is -3.31. The highest BCUT2D eigenvalue weighted by Gasteiger charge is 2.21. The van der Waals surface area contributed by atoms with E-state index in [0.717, 1.165) is 13.0 Å². The maximum Gasteiger partial charge on any atom is 0.216 e. The monoisotopic (exact) mass is 265 g/mol. The highest BCUT2D eigenvalue weighted by molar-refractivity contribution is 7.88. The van der Waals surface area contributed by atoms with Gasteiger partial charge in [-0.05, 0) is 30.7 Å². The maximum atomic E-state index is 11.9. The summed E-state index contributed by atoms with van der Waals surface area (Å²) in [5.41, 5.74) is 1.22. The number of hydrogen-bond acceptors (Lipinski definition) is 4. The predicted octanol–water partition coefficient (Wildman–Crippen LogP) is 0.340. The molecule has 0 aliphatic carbocycles. The van der Waals surface area contributed by atoms with Gasteiger partial charge < -0.3 is 5.32 Å². The Balaban J connectivity index is 2.00. The first-order valence-electron chi connectivity index (χ1n) is 5.79. The van der Waals surface area contributed by atoms with E-state index in [1.165, 1.54) is 0 Å². The number of nitrogens with zero attached hydrogens (tertiary/aromatic N) is 1. The van der Waals surface area contributed by atoms with Crippen molar-refractivity contribution in [2.24, 2.45) is 0 Å². The van der Waals surface area contributed by atoms with Gasteiger partial charge in [0.25, 0.3) is 0 Å². The van der Waals surface area contributed by atoms with Gasteiger partial charge >= 0.3 is 0 Å². The molecule has 1 aliphatic heterocycles. The first-order chi connectivity index (χ1) is 8.59. The topological polar surface area (TPSA) is 82.0 Å². The molecule has 5 nitrogen and oxygen atoms in total. The van der Waals surface area contributed by atoms with E-state index in [1.54, 1.807) is 24.3 Å². The van der Waals surface area contributed by atoms with Gasteiger partial charge in [0.05, 0.1) is 17.4 Å². The van der Waals surface area contributed by atoms with Gasteiger partial charge in [-0.25, -0.2) is 13.1 Å². The molecule has 0 radical (unpaired) electrons. The van der Waals surface area contributed by atoms with Crippen LogP contribution >= 0.6 is 0 Å². The van der Waals surface area contributed by atoms with Crippen molar-refractivity contribution in [3.63, 3.8) is 0 Å². The highest BCUT2D eigenvalue weighted by atomic mass is 32.2. The Morgan fingerprint density at radius 3 is 2.67 bits per heavy atom. The minimum absolute atomic E-state index is 0.00613. The van der Waals surface area contributed by atoms with Crippen LogP contribution in [0.15, 0.2) is 24.3 Å². The van der Waals surface area contributed by atoms with E-state index >= 15 is 0 Å². The lowest BCUT2D eigenvalue weighted by atomic mass is 10.2. The van der Waals surface area contributed by atoms with Gasteiger partial charge in [-0.3, -0.25) is 0 Å². The summed E-state index contributed by atoms with van der Waals surface area (Å²) in [6.45, 7) is 1.54. The molecule has 0 amide bonds. The second-order valence-electron chi connectivity index (χ2n) is 4.38. The van der Waals surface area contributed by atoms with Gasteiger partial charge in [-0.1, -0.05) is 12.1 Å². The first kappa shape index (κ1) is 13.0. The minimum Gasteiger partial charge on any atom is -0.315 e. The number of benzene rings is 1. The van der Waals surface area contributed by atoms with Crippen LogP contribution in [0.5, 0.6) is 0 Å². The molecular weight excluding hydrogens is 250 g/mol. The maximum absolute atomic E-state index is 11.9. The Bertz CT molecular complexity index is 540. The first-order valence-corrected chi connectivity index (χ1v) is 7.44. The molecule has 18 heavy (non-hydrogen) atoms. The molecule has 1 heterocycles. The van der Waals surface area contributed by atoms with Gasteiger partial charge in [-0.15, -0.1) is 0 Å². The summed E-state index contributed by atoms with van der Waals surface area (Å²) in [5.74, 6) is -0.0464. The van der Waals surface area contributed by atoms with Crippen molar-refractivity contribution in [2.75, 3.05) is 13.1 Å². The zero-order chi connectivity index (χ0) is 13.0. The molecule has 0 bridgehead atoms. The van der Waals surface area contributed by atoms with Crippen molar-refractivity contribution in [1.29, 1.82) is 5.26 Å². The molecule has 2 N–H and O–H groups in total. The molecule has 0 spiro atoms. The van der Waals surface area contributed by atoms with Crippen molar-refractivity contribution >= 4 is 10.0 Å². The zero-order valence-corrected chi connectivity index (χ0v) is 10.7. The number of hydrogen-bond donors (Lipinski definition) is 2. The van der Waals surface area contributed by atoms with Gasteiger partial charge in [0.1, 0.15) is 0 Å². The van der Waals surface area contributed by atoms with Crippen LogP contribution in [-0.2, 0) is 15.8 Å². The van der Waals surface area contributed by atoms with E-state index in [4.69, 9.17) is 5.26 Å². The fourth-order valence-corrected chi connectivity index (χ4v) is 3.37. The Labute approximate surface area is 107 Å². The van der Waals surface area contributed by atoms with Gasteiger partial charge in [0.15, 0.2) is 0 Å². The molecule has 1 fully saturated rings. The molecule has 1 atom stereocenters. The lowest BCUT2D eigenvalue weighted by Gasteiger charge is -2.11. The Kier molecular flexibility index (Phi) is 3.97. The molecule has 0 aromatic heterocycles. The number of rotatable bonds is 4. The molecule has 6 heteroatoms. The van der Waals surface area contributed by atoms with Crippen molar-refractivity contribution < 1.29 is 8.42 Å². The van der Waals surface area contributed by atoms with Gasteiger partial charge in [-0.2, -0.15) is 5.26 Å². The van der Waals surface area contributed by atoms with Crippen molar-refractivity contribution in [3.8, 4) is 6.07 Å². The van der Waals surface area contributed by atoms with Crippen LogP contribution in [0.3, 0.4) is 0 Å². The van der Waals surface area contributed by atoms with E-state index in [2.05, 4.69) is 10.0 Å². The lowest BCUT2D eigenvalue weighted by molar-refractivity contribution is 0.559. The average Bonchev–Trinajstić information content (AvgIpc) is 2.81. The number of sulfonamides is 1. The summed E-state index contributed by atoms with van der Waals surface area (Å²) < 4.78 is 26.5. The highest BCUT2D eigenvalue weighted by Crippen LogP contribution is 2.09. The molecule has 1 aliphatic rings. The summed E-state index contributed by atoms with van der Waals surface area (Å²) in [6, 6.07) is 8.59. The molecule has 96 valence electrons. The van der Waals surface area contributed by atoms with Crippen LogP contribution < -0.4 is 10.0 Å². The Hall–Kier alpha value is -1.42. The molecule has 1 saturated heterocycles. The second-order valence-corrected chi connectivity index (χ2v) is 6.13. The van der Waals surface area contributed by atoms with Crippen molar-refractivity contribution in [2.45, 2.75) is 18.2 Å². The van der Waals surface area contributed by atoms with E-state index in [-0.39, 0.29) is 11.8 Å². The van der Waals surface area contributed by atoms with Gasteiger partial charge in [0, 0.05) is 12.6 Å². The predicted molar refractivity (Wildman–Crippen MR) is 68.2 cm³/mol. The summed E-state index contributed by atoms with van der Waals surface area (Å²) in [7, 11) is -3.31. The lowest BCUT2D eigenvalue weighted by Crippen LogP contribution is -2.36. The summed E-state index contributed by atoms with van der Waals surface area (Å²) >= 11 is 0. The molecule has 1 unspecified atom stereocenters. The van der Waals surface area contributed by atoms with E-state index in [1.807, 2.05) is 6.07 Å². The van der Waals surface area contributed by atoms with Crippen LogP contribution in [-0.4, -0.2) is 27.5 Å². The van der Waals surface area contributed by atoms with Crippen molar-refractivity contribution in [1.82, 2.24) is 10.0 Å². The molecule has 2 rings (SSSR count). The van der Waals surface area contributed by atoms with Crippen LogP contribution in [0.25, 0.3) is 0 Å². The average molecular weight is 265 g/mol. The normalized spacial score (nSPS) is 19.6. The Morgan fingerprint density at radius 2 is 2.11 bits per heavy atom. The number of nitrogens with one attached hydrogen (secondary N) is 2. The quantitative estimate of drug-likeness (QED) is 0.822. The third-order valence-electron chi connectivity index (χ3n) is 2.85. The Morgan fingerprint density at radius 1 is 1.39 bits per heavy atom. The largest absolute Gasteiger partial charge is 0.315 e. The molecule has 1 aromatic rings. The standard InChI is InChI=1S/C12H15N3O2S/c13-7-10-1-3-11(4-2-10)9-18(16,17)15-12-5-6-14-8-12/h1-4,12,14-15H,5-6,8-9H2. The second kappa shape index (κ2) is 5.48. The zero-order valence-electron chi connectivity index (χ0n) is 9.89. The molecule has 0 saturated carbocycles. The fraction of sp³-hybridized carbons (Fsp3) is 0.417. The van der Waals surface area contributed by atoms with Gasteiger partial charge in [0.2, 0.25) is 10.0 Å². The molecule has 1 aromatic carbocycles. The summed E-state index contributed by atoms with van der Waals surface area (Å²) in [6.07, 6.45) is 0.826. The van der Waals surface area contributed by atoms with Crippen LogP contribution in [0.2, 0.25) is 0 Å². The smallest absolute Gasteiger partial charge is 0.216 e. The summed E-state index contributed by atoms with van der Waals surface area (Å²) in [4.78, 5) is 0. The van der Waals surface area contributed by atoms with E-state index in [0.29, 0.717) is 17.7 Å². The van der Waals surface area contributed by atoms with E-state index in [9.17, 15) is 8.42 Å². The van der Waals surface area contributed by atoms with Crippen molar-refractivity contribution in [3.05, 3.63) is 35.4 Å². The van der Waals surface area contributed by atoms with Crippen LogP contribution in [0, 0.1) is 11.3 Å². The van der Waals surface area contributed by atoms with Crippen LogP contribution in [0.4, 0.5) is 0 Å². The third kappa shape index (κ3) is 3.53. The SMILES string of the molecule is N#Cc1ccc(CS(=O)(=O)NC2CCNC2)cc1. The van der Waals surface area contributed by atoms with Crippen LogP contribution in [0.1, 0.15) is 17.5 Å². The fourth-order valence-electron chi connectivity index (χ4n) is 1.95. The third-order valence-corrected chi connectivity index (χ3v) is 4.25.